The number of anilines is 1. The van der Waals surface area contributed by atoms with Gasteiger partial charge in [-0.1, -0.05) is 5.16 Å². The van der Waals surface area contributed by atoms with Crippen LogP contribution in [0.4, 0.5) is 5.13 Å². The third-order valence-electron chi connectivity index (χ3n) is 1.42. The van der Waals surface area contributed by atoms with Gasteiger partial charge in [0.05, 0.1) is 0 Å². The summed E-state index contributed by atoms with van der Waals surface area (Å²) in [4.78, 5) is 29.9. The van der Waals surface area contributed by atoms with Crippen molar-refractivity contribution < 1.29 is 14.4 Å². The molecule has 1 aromatic heterocycles. The highest BCUT2D eigenvalue weighted by molar-refractivity contribution is 7.14. The Balaban J connectivity index is 2.82. The summed E-state index contributed by atoms with van der Waals surface area (Å²) in [6.45, 7) is 3.60. The zero-order chi connectivity index (χ0) is 12.0. The normalized spacial score (nSPS) is 11.3. The van der Waals surface area contributed by atoms with E-state index in [4.69, 9.17) is 4.84 Å². The quantitative estimate of drug-likeness (QED) is 0.458. The van der Waals surface area contributed by atoms with Crippen LogP contribution in [0.5, 0.6) is 0 Å². The smallest absolute Gasteiger partial charge is 0.213 e. The predicted molar refractivity (Wildman–Crippen MR) is 60.6 cm³/mol. The van der Waals surface area contributed by atoms with E-state index in [0.717, 1.165) is 0 Å². The van der Waals surface area contributed by atoms with Crippen molar-refractivity contribution in [2.24, 2.45) is 5.16 Å². The Morgan fingerprint density at radius 2 is 2.38 bits per heavy atom. The van der Waals surface area contributed by atoms with Gasteiger partial charge in [-0.2, -0.15) is 0 Å². The Labute approximate surface area is 96.3 Å². The van der Waals surface area contributed by atoms with Gasteiger partial charge in [-0.05, 0) is 13.8 Å². The molecule has 7 heteroatoms. The van der Waals surface area contributed by atoms with Crippen LogP contribution >= 0.6 is 11.3 Å². The molecule has 0 bridgehead atoms. The molecule has 0 atom stereocenters. The van der Waals surface area contributed by atoms with E-state index in [1.54, 1.807) is 19.2 Å². The fourth-order valence-electron chi connectivity index (χ4n) is 0.799. The molecule has 1 aromatic rings. The molecule has 1 amide bonds. The third-order valence-corrected chi connectivity index (χ3v) is 2.20. The topological polar surface area (TPSA) is 80.6 Å². The number of aldehydes is 1. The van der Waals surface area contributed by atoms with Gasteiger partial charge in [0, 0.05) is 5.38 Å². The monoisotopic (exact) mass is 241 g/mol. The first-order valence-electron chi connectivity index (χ1n) is 4.52. The van der Waals surface area contributed by atoms with E-state index in [1.807, 2.05) is 0 Å². The Kier molecular flexibility index (Phi) is 4.59. The second-order valence-electron chi connectivity index (χ2n) is 3.05. The number of hydrogen-bond donors (Lipinski definition) is 1. The van der Waals surface area contributed by atoms with E-state index in [9.17, 15) is 9.59 Å². The third kappa shape index (κ3) is 3.43. The van der Waals surface area contributed by atoms with Crippen molar-refractivity contribution in [3.63, 3.8) is 0 Å². The van der Waals surface area contributed by atoms with Crippen molar-refractivity contribution in [3.05, 3.63) is 11.1 Å². The van der Waals surface area contributed by atoms with E-state index >= 15 is 0 Å². The average Bonchev–Trinajstić information content (AvgIpc) is 2.68. The summed E-state index contributed by atoms with van der Waals surface area (Å²) in [5.74, 6) is 0. The van der Waals surface area contributed by atoms with Crippen molar-refractivity contribution in [1.82, 2.24) is 4.98 Å². The molecule has 0 unspecified atom stereocenters. The van der Waals surface area contributed by atoms with Crippen LogP contribution < -0.4 is 5.32 Å². The highest BCUT2D eigenvalue weighted by atomic mass is 32.1. The first-order valence-corrected chi connectivity index (χ1v) is 5.40. The molecule has 0 fully saturated rings. The van der Waals surface area contributed by atoms with Gasteiger partial charge in [0.25, 0.3) is 0 Å². The molecular formula is C9H11N3O3S. The van der Waals surface area contributed by atoms with E-state index in [-0.39, 0.29) is 11.8 Å². The second kappa shape index (κ2) is 5.96. The molecule has 0 aliphatic carbocycles. The SMILES string of the molecule is CC(C)ON=C(C=O)c1csc(NC=O)n1. The number of nitrogens with one attached hydrogen (secondary N) is 1. The summed E-state index contributed by atoms with van der Waals surface area (Å²) < 4.78 is 0. The molecule has 0 aliphatic rings. The van der Waals surface area contributed by atoms with Gasteiger partial charge < -0.3 is 10.2 Å². The second-order valence-corrected chi connectivity index (χ2v) is 3.91. The number of oxime groups is 1. The summed E-state index contributed by atoms with van der Waals surface area (Å²) in [5.41, 5.74) is 0.480. The van der Waals surface area contributed by atoms with E-state index in [0.29, 0.717) is 23.5 Å². The zero-order valence-corrected chi connectivity index (χ0v) is 9.65. The minimum atomic E-state index is -0.110. The lowest BCUT2D eigenvalue weighted by Gasteiger charge is -2.01. The minimum Gasteiger partial charge on any atom is -0.392 e. The van der Waals surface area contributed by atoms with Gasteiger partial charge in [0.15, 0.2) is 17.1 Å². The van der Waals surface area contributed by atoms with Gasteiger partial charge in [-0.25, -0.2) is 4.98 Å². The molecule has 16 heavy (non-hydrogen) atoms. The lowest BCUT2D eigenvalue weighted by atomic mass is 10.3. The van der Waals surface area contributed by atoms with Gasteiger partial charge in [0.1, 0.15) is 11.8 Å². The van der Waals surface area contributed by atoms with Gasteiger partial charge in [-0.3, -0.25) is 9.59 Å². The number of hydrogen-bond acceptors (Lipinski definition) is 6. The molecule has 1 rings (SSSR count). The first kappa shape index (κ1) is 12.3. The van der Waals surface area contributed by atoms with Crippen LogP contribution in [0.25, 0.3) is 0 Å². The maximum absolute atomic E-state index is 10.7. The Morgan fingerprint density at radius 1 is 1.62 bits per heavy atom. The van der Waals surface area contributed by atoms with Crippen molar-refractivity contribution in [3.8, 4) is 0 Å². The average molecular weight is 241 g/mol. The summed E-state index contributed by atoms with van der Waals surface area (Å²) in [6.07, 6.45) is 0.966. The fourth-order valence-corrected chi connectivity index (χ4v) is 1.46. The van der Waals surface area contributed by atoms with Crippen molar-refractivity contribution in [2.75, 3.05) is 5.32 Å². The Hall–Kier alpha value is -1.76. The first-order chi connectivity index (χ1) is 7.67. The van der Waals surface area contributed by atoms with Crippen molar-refractivity contribution in [2.45, 2.75) is 20.0 Å². The summed E-state index contributed by atoms with van der Waals surface area (Å²) >= 11 is 1.20. The van der Waals surface area contributed by atoms with Gasteiger partial charge >= 0.3 is 0 Å². The van der Waals surface area contributed by atoms with E-state index in [2.05, 4.69) is 15.5 Å². The van der Waals surface area contributed by atoms with E-state index < -0.39 is 0 Å². The lowest BCUT2D eigenvalue weighted by molar-refractivity contribution is -0.105. The number of rotatable bonds is 6. The van der Waals surface area contributed by atoms with Crippen LogP contribution in [0.2, 0.25) is 0 Å². The van der Waals surface area contributed by atoms with Crippen LogP contribution in [0.3, 0.4) is 0 Å². The van der Waals surface area contributed by atoms with Gasteiger partial charge in [-0.15, -0.1) is 11.3 Å². The van der Waals surface area contributed by atoms with E-state index in [1.165, 1.54) is 11.3 Å². The fraction of sp³-hybridized carbons (Fsp3) is 0.333. The van der Waals surface area contributed by atoms with Crippen LogP contribution in [0.15, 0.2) is 10.5 Å². The molecule has 0 saturated heterocycles. The molecule has 0 spiro atoms. The largest absolute Gasteiger partial charge is 0.392 e. The van der Waals surface area contributed by atoms with Crippen molar-refractivity contribution in [1.29, 1.82) is 0 Å². The maximum Gasteiger partial charge on any atom is 0.213 e. The van der Waals surface area contributed by atoms with Gasteiger partial charge in [0.2, 0.25) is 6.41 Å². The summed E-state index contributed by atoms with van der Waals surface area (Å²) in [7, 11) is 0. The maximum atomic E-state index is 10.7. The number of nitrogens with zero attached hydrogens (tertiary/aromatic N) is 2. The molecule has 0 aliphatic heterocycles. The molecule has 86 valence electrons. The lowest BCUT2D eigenvalue weighted by Crippen LogP contribution is -2.07. The van der Waals surface area contributed by atoms with Crippen LogP contribution in [-0.4, -0.2) is 29.5 Å². The number of amides is 1. The number of carbonyl (C=O) groups excluding carboxylic acids is 2. The predicted octanol–water partition coefficient (Wildman–Crippen LogP) is 1.04. The number of carbonyl (C=O) groups is 2. The zero-order valence-electron chi connectivity index (χ0n) is 8.84. The molecule has 1 N–H and O–H groups in total. The standard InChI is InChI=1S/C9H11N3O3S/c1-6(2)15-12-7(3-13)8-4-16-9(11-8)10-5-14/h3-6H,1-2H3,(H,10,11,14). The number of aromatic nitrogens is 1. The molecule has 0 saturated carbocycles. The molecule has 0 radical (unpaired) electrons. The Morgan fingerprint density at radius 3 is 2.94 bits per heavy atom. The van der Waals surface area contributed by atoms with Crippen molar-refractivity contribution >= 4 is 34.9 Å². The van der Waals surface area contributed by atoms with Crippen LogP contribution in [-0.2, 0) is 14.4 Å². The highest BCUT2D eigenvalue weighted by Crippen LogP contribution is 2.14. The molecule has 6 nitrogen and oxygen atoms in total. The van der Waals surface area contributed by atoms with Crippen LogP contribution in [0, 0.1) is 0 Å². The molecule has 1 heterocycles. The molecular weight excluding hydrogens is 230 g/mol. The summed E-state index contributed by atoms with van der Waals surface area (Å²) in [5, 5.41) is 8.07. The molecule has 0 aromatic carbocycles. The Bertz CT molecular complexity index is 400. The van der Waals surface area contributed by atoms with Crippen LogP contribution in [0.1, 0.15) is 19.5 Å². The summed E-state index contributed by atoms with van der Waals surface area (Å²) in [6, 6.07) is 0. The minimum absolute atomic E-state index is 0.101. The number of thiazole rings is 1. The highest BCUT2D eigenvalue weighted by Gasteiger charge is 2.09.